The zero-order valence-electron chi connectivity index (χ0n) is 65.0. The first-order valence-electron chi connectivity index (χ1n) is 37.5. The molecular formula is C73H112N18O21Se2. The van der Waals surface area contributed by atoms with Crippen LogP contribution in [0.3, 0.4) is 0 Å². The Hall–Kier alpha value is -10.5. The Morgan fingerprint density at radius 3 is 1.46 bits per heavy atom. The van der Waals surface area contributed by atoms with Gasteiger partial charge in [-0.1, -0.05) is 46.2 Å². The van der Waals surface area contributed by atoms with Gasteiger partial charge in [-0.2, -0.15) is 0 Å². The van der Waals surface area contributed by atoms with E-state index in [1.165, 1.54) is 31.2 Å². The van der Waals surface area contributed by atoms with E-state index in [0.717, 1.165) is 6.92 Å². The number of carbonyl (C=O) groups excluding carboxylic acids is 14. The summed E-state index contributed by atoms with van der Waals surface area (Å²) in [5.74, 6) is -20.3. The number of aromatic hydroxyl groups is 1. The average Bonchev–Trinajstić information content (AvgIpc) is 0.850. The fourth-order valence-corrected chi connectivity index (χ4v) is 18.5. The molecule has 0 unspecified atom stereocenters. The molecule has 13 atom stereocenters. The predicted octanol–water partition coefficient (Wildman–Crippen LogP) is -4.29. The van der Waals surface area contributed by atoms with Crippen LogP contribution >= 0.6 is 0 Å². The van der Waals surface area contributed by atoms with E-state index < -0.39 is 256 Å². The number of carboxylic acid groups (broad SMARTS) is 3. The number of primary amides is 1. The predicted molar refractivity (Wildman–Crippen MR) is 416 cm³/mol. The number of aliphatic carboxylic acids is 3. The van der Waals surface area contributed by atoms with Gasteiger partial charge in [0, 0.05) is 19.4 Å². The number of phenols is 1. The van der Waals surface area contributed by atoms with Crippen molar-refractivity contribution in [2.75, 3.05) is 19.6 Å². The number of hydrogen-bond donors (Lipinski definition) is 21. The molecule has 114 heavy (non-hydrogen) atoms. The van der Waals surface area contributed by atoms with Gasteiger partial charge in [0.2, 0.25) is 23.6 Å². The van der Waals surface area contributed by atoms with Gasteiger partial charge < -0.3 is 42.9 Å². The molecule has 25 N–H and O–H groups in total. The number of nitrogens with two attached hydrogens (primary N) is 4. The van der Waals surface area contributed by atoms with Crippen molar-refractivity contribution in [1.29, 1.82) is 0 Å². The Kier molecular flexibility index (Phi) is 43.9. The summed E-state index contributed by atoms with van der Waals surface area (Å²) in [5.41, 5.74) is 23.5. The first-order chi connectivity index (χ1) is 53.8. The number of nitrogens with one attached hydrogen (secondary N) is 13. The molecule has 632 valence electrons. The number of rotatable bonds is 31. The van der Waals surface area contributed by atoms with Gasteiger partial charge in [0.25, 0.3) is 0 Å². The normalized spacial score (nSPS) is 22.9. The van der Waals surface area contributed by atoms with E-state index in [1.54, 1.807) is 65.0 Å². The van der Waals surface area contributed by atoms with Gasteiger partial charge in [-0.3, -0.25) is 33.8 Å². The molecular weight excluding hydrogens is 1620 g/mol. The molecule has 1 aliphatic heterocycles. The molecule has 1 heterocycles. The Morgan fingerprint density at radius 2 is 0.965 bits per heavy atom. The van der Waals surface area contributed by atoms with Crippen molar-refractivity contribution in [2.24, 2.45) is 45.7 Å². The third-order valence-corrected chi connectivity index (χ3v) is 24.8. The van der Waals surface area contributed by atoms with Crippen molar-refractivity contribution in [3.63, 3.8) is 0 Å². The van der Waals surface area contributed by atoms with E-state index >= 15 is 0 Å². The number of aliphatic imine (C=N–C) groups is 1. The van der Waals surface area contributed by atoms with E-state index in [2.05, 4.69) is 74.1 Å². The average molecular weight is 1740 g/mol. The van der Waals surface area contributed by atoms with Crippen molar-refractivity contribution in [1.82, 2.24) is 69.1 Å². The molecule has 39 nitrogen and oxygen atoms in total. The zero-order valence-corrected chi connectivity index (χ0v) is 68.4. The third kappa shape index (κ3) is 37.9. The van der Waals surface area contributed by atoms with Crippen LogP contribution in [0.15, 0.2) is 59.6 Å². The molecule has 2 aromatic carbocycles. The van der Waals surface area contributed by atoms with E-state index in [1.807, 2.05) is 0 Å². The minimum absolute atomic E-state index is 0.00527. The standard InChI is InChI=1S/C73H112N18O21Se2/c1-8-40(6)60-72(112)85-48(24-27-58(97)98)65(105)89-52(33-42-15-10-9-11-16-42)69(109)90-55(71(111)86-50(61(75)101)31-38(2)3)37-114-113-36-54(80-41(7)92)70(110)82-46(17-12-13-29-74)64(104)83-47(23-26-57(95)96)62(102)79-35-56(94)81-45(18-14-30-78-73(76)77)63(103)88-53(34-43-19-21-44(93)22-20-43)68(108)87-51(32-39(4)5)67(107)84-49(66(106)91-60)25-28-59(99)100/h9-11,15-16,19-22,38-40,45-55,60,93H,8,12-14,17-18,23-37,74H2,1-7H3,(H2,75,101)(H,79,102)(H,80,92)(H,81,94)(H,82,110)(H,83,104)(H,84,107)(H,85,112)(H,86,111)(H,87,108)(H,88,103)(H,89,105)(H,90,109)(H,91,106)(H,95,96)(H,97,98)(H,99,100)(H4,76,77,78)/t40-,45-,46-,47-,48-,49-,50-,51-,52-,53-,54-,55-,60-/m0/s1. The summed E-state index contributed by atoms with van der Waals surface area (Å²) in [4.78, 5) is 241. The second-order valence-corrected chi connectivity index (χ2v) is 35.9. The number of benzene rings is 2. The molecule has 1 aliphatic rings. The third-order valence-electron chi connectivity index (χ3n) is 17.7. The SMILES string of the molecule is CC[C@H](C)[C@@H]1NC(=O)[C@H](CCC(=O)O)NC(=O)[C@H](CC(C)C)NC(=O)[C@H](Cc2ccc(O)cc2)NC(=O)[C@H](CCCN=C(N)N)NC(=O)CNC(=O)[C@H](CCC(=O)O)NC(=O)[C@H](CCCCN)NC(=O)[C@@H](NC(C)=O)C[Se][Se]C[C@@H](C(=O)N[C@@H](CC(C)C)C(N)=O)NC(=O)[C@H](Cc2ccccc2)NC(=O)[C@H](CCC(=O)O)NC1=O. The molecule has 1 saturated heterocycles. The number of amides is 14. The van der Waals surface area contributed by atoms with Crippen LogP contribution in [0.25, 0.3) is 0 Å². The summed E-state index contributed by atoms with van der Waals surface area (Å²) in [6.45, 7) is 10.3. The van der Waals surface area contributed by atoms with Crippen LogP contribution in [0.2, 0.25) is 10.6 Å². The maximum absolute atomic E-state index is 15.0. The van der Waals surface area contributed by atoms with Crippen LogP contribution in [-0.4, -0.2) is 245 Å². The second kappa shape index (κ2) is 51.3. The van der Waals surface area contributed by atoms with Crippen LogP contribution in [0.5, 0.6) is 5.75 Å². The fraction of sp³-hybridized carbons (Fsp3) is 0.589. The first kappa shape index (κ1) is 97.7. The van der Waals surface area contributed by atoms with Crippen LogP contribution in [0.1, 0.15) is 149 Å². The van der Waals surface area contributed by atoms with Gasteiger partial charge in [-0.15, -0.1) is 0 Å². The van der Waals surface area contributed by atoms with Crippen molar-refractivity contribution in [3.8, 4) is 5.75 Å². The van der Waals surface area contributed by atoms with Crippen LogP contribution in [0, 0.1) is 17.8 Å². The van der Waals surface area contributed by atoms with Crippen molar-refractivity contribution < 1.29 is 102 Å². The Bertz CT molecular complexity index is 3650. The molecule has 0 spiro atoms. The summed E-state index contributed by atoms with van der Waals surface area (Å²) in [6.07, 6.45) is -4.55. The molecule has 3 rings (SSSR count). The van der Waals surface area contributed by atoms with Gasteiger partial charge in [-0.25, -0.2) is 0 Å². The second-order valence-electron chi connectivity index (χ2n) is 28.3. The summed E-state index contributed by atoms with van der Waals surface area (Å²) >= 11 is -1.43. The molecule has 41 heteroatoms. The van der Waals surface area contributed by atoms with E-state index in [0.29, 0.717) is 17.5 Å². The van der Waals surface area contributed by atoms with Crippen molar-refractivity contribution >= 4 is 133 Å². The molecule has 1 fully saturated rings. The van der Waals surface area contributed by atoms with Crippen molar-refractivity contribution in [3.05, 3.63) is 65.7 Å². The Labute approximate surface area is 671 Å². The quantitative estimate of drug-likeness (QED) is 0.0147. The number of carbonyl (C=O) groups is 17. The van der Waals surface area contributed by atoms with Crippen LogP contribution in [-0.2, 0) is 94.3 Å². The number of hydrogen-bond acceptors (Lipinski definition) is 20. The summed E-state index contributed by atoms with van der Waals surface area (Å²) in [6, 6.07) is -5.50. The van der Waals surface area contributed by atoms with Crippen LogP contribution < -0.4 is 92.1 Å². The van der Waals surface area contributed by atoms with Crippen LogP contribution in [0.4, 0.5) is 0 Å². The first-order valence-corrected chi connectivity index (χ1v) is 44.2. The maximum atomic E-state index is 15.0. The number of guanidine groups is 1. The molecule has 0 aliphatic carbocycles. The molecule has 0 aromatic heterocycles. The number of nitrogens with zero attached hydrogens (tertiary/aromatic N) is 1. The zero-order chi connectivity index (χ0) is 85.3. The topological polar surface area (TPSA) is 644 Å². The Balaban J connectivity index is 2.39. The molecule has 0 saturated carbocycles. The van der Waals surface area contributed by atoms with E-state index in [-0.39, 0.29) is 99.1 Å². The monoisotopic (exact) mass is 1740 g/mol. The van der Waals surface area contributed by atoms with Gasteiger partial charge in [0.1, 0.15) is 29.9 Å². The minimum atomic E-state index is -1.80. The van der Waals surface area contributed by atoms with Gasteiger partial charge in [0.05, 0.1) is 0 Å². The summed E-state index contributed by atoms with van der Waals surface area (Å²) in [7, 11) is 0. The molecule has 0 radical (unpaired) electrons. The van der Waals surface area contributed by atoms with Crippen molar-refractivity contribution in [2.45, 2.75) is 234 Å². The van der Waals surface area contributed by atoms with Gasteiger partial charge in [0.15, 0.2) is 5.96 Å². The molecule has 2 aromatic rings. The number of phenolic OH excluding ortho intramolecular Hbond substituents is 1. The molecule has 0 bridgehead atoms. The summed E-state index contributed by atoms with van der Waals surface area (Å²) < 4.78 is 0. The number of carboxylic acids is 3. The van der Waals surface area contributed by atoms with E-state index in [4.69, 9.17) is 22.9 Å². The number of unbranched alkanes of at least 4 members (excludes halogenated alkanes) is 1. The van der Waals surface area contributed by atoms with Gasteiger partial charge in [-0.05, 0) is 49.3 Å². The van der Waals surface area contributed by atoms with E-state index in [9.17, 15) is 102 Å². The fourth-order valence-electron chi connectivity index (χ4n) is 11.5. The molecule has 14 amide bonds. The Morgan fingerprint density at radius 1 is 0.518 bits per heavy atom. The summed E-state index contributed by atoms with van der Waals surface area (Å²) in [5, 5.41) is 72.6. The van der Waals surface area contributed by atoms with Gasteiger partial charge >= 0.3 is 424 Å².